The van der Waals surface area contributed by atoms with Gasteiger partial charge in [-0.2, -0.15) is 13.2 Å². The number of carbonyl (C=O) groups excluding carboxylic acids is 1. The van der Waals surface area contributed by atoms with Crippen LogP contribution in [0.5, 0.6) is 0 Å². The minimum absolute atomic E-state index is 0.0524. The lowest BCUT2D eigenvalue weighted by Crippen LogP contribution is -2.45. The molecule has 2 fully saturated rings. The number of hydrogen-bond donors (Lipinski definition) is 3. The summed E-state index contributed by atoms with van der Waals surface area (Å²) in [5.74, 6) is -4.01. The van der Waals surface area contributed by atoms with Gasteiger partial charge >= 0.3 is 17.8 Å². The first-order valence-corrected chi connectivity index (χ1v) is 14.9. The van der Waals surface area contributed by atoms with Crippen LogP contribution in [0.2, 0.25) is 0 Å². The van der Waals surface area contributed by atoms with Crippen molar-refractivity contribution in [2.75, 3.05) is 19.6 Å². The first-order valence-electron chi connectivity index (χ1n) is 14.9. The number of alkyl halides is 3. The zero-order valence-electron chi connectivity index (χ0n) is 24.9. The average Bonchev–Trinajstić information content (AvgIpc) is 3.75. The molecule has 244 valence electrons. The molecular weight excluding hydrogens is 611 g/mol. The van der Waals surface area contributed by atoms with Crippen molar-refractivity contribution < 1.29 is 36.6 Å². The fourth-order valence-electron chi connectivity index (χ4n) is 6.05. The molecule has 1 amide bonds. The van der Waals surface area contributed by atoms with Crippen LogP contribution >= 0.6 is 0 Å². The van der Waals surface area contributed by atoms with Gasteiger partial charge in [-0.1, -0.05) is 42.5 Å². The van der Waals surface area contributed by atoms with Crippen molar-refractivity contribution in [2.45, 2.75) is 50.4 Å². The second-order valence-electron chi connectivity index (χ2n) is 11.8. The molecule has 2 aliphatic rings. The van der Waals surface area contributed by atoms with Crippen molar-refractivity contribution in [3.05, 3.63) is 94.4 Å². The number of aliphatic carboxylic acids is 1. The van der Waals surface area contributed by atoms with Crippen molar-refractivity contribution in [1.82, 2.24) is 19.8 Å². The van der Waals surface area contributed by atoms with E-state index in [2.05, 4.69) is 34.3 Å². The highest BCUT2D eigenvalue weighted by Gasteiger charge is 2.44. The largest absolute Gasteiger partial charge is 0.490 e. The van der Waals surface area contributed by atoms with Crippen LogP contribution in [0.3, 0.4) is 0 Å². The third kappa shape index (κ3) is 7.64. The summed E-state index contributed by atoms with van der Waals surface area (Å²) >= 11 is 0. The van der Waals surface area contributed by atoms with E-state index < -0.39 is 23.8 Å². The van der Waals surface area contributed by atoms with Crippen LogP contribution in [0.15, 0.2) is 71.5 Å². The van der Waals surface area contributed by atoms with E-state index in [-0.39, 0.29) is 29.6 Å². The SMILES string of the molecule is C[C@@H](CN1CCC(n2c(=O)[nH]c3cc(-c4ccc(F)c(F)c4)ccc32)CC1)NC(=O)[C@H]1C[C@@H]1c1ccccc1.O=C(O)C(F)(F)F. The predicted molar refractivity (Wildman–Crippen MR) is 161 cm³/mol. The molecule has 1 saturated carbocycles. The summed E-state index contributed by atoms with van der Waals surface area (Å²) in [4.78, 5) is 39.8. The summed E-state index contributed by atoms with van der Waals surface area (Å²) in [5, 5.41) is 10.3. The summed E-state index contributed by atoms with van der Waals surface area (Å²) in [6.07, 6.45) is -2.51. The van der Waals surface area contributed by atoms with Gasteiger partial charge in [0, 0.05) is 37.6 Å². The van der Waals surface area contributed by atoms with E-state index in [0.29, 0.717) is 22.6 Å². The van der Waals surface area contributed by atoms with E-state index in [9.17, 15) is 31.5 Å². The highest BCUT2D eigenvalue weighted by Crippen LogP contribution is 2.47. The van der Waals surface area contributed by atoms with Crippen molar-refractivity contribution >= 4 is 22.9 Å². The van der Waals surface area contributed by atoms with Gasteiger partial charge in [0.25, 0.3) is 0 Å². The number of amides is 1. The lowest BCUT2D eigenvalue weighted by Gasteiger charge is -2.34. The first kappa shape index (κ1) is 32.9. The normalized spacial score (nSPS) is 19.3. The Kier molecular flexibility index (Phi) is 9.61. The number of imidazole rings is 1. The Morgan fingerprint density at radius 2 is 1.61 bits per heavy atom. The third-order valence-electron chi connectivity index (χ3n) is 8.41. The van der Waals surface area contributed by atoms with Crippen LogP contribution in [-0.4, -0.2) is 63.3 Å². The number of fused-ring (bicyclic) bond motifs is 1. The Balaban J connectivity index is 0.000000537. The summed E-state index contributed by atoms with van der Waals surface area (Å²) in [6.45, 7) is 4.51. The number of H-pyrrole nitrogens is 1. The number of likely N-dealkylation sites (tertiary alicyclic amines) is 1. The summed E-state index contributed by atoms with van der Waals surface area (Å²) in [6, 6.07) is 19.7. The lowest BCUT2D eigenvalue weighted by molar-refractivity contribution is -0.192. The molecule has 6 rings (SSSR count). The molecule has 1 aliphatic heterocycles. The topological polar surface area (TPSA) is 107 Å². The second-order valence-corrected chi connectivity index (χ2v) is 11.8. The molecule has 4 aromatic rings. The Hall–Kier alpha value is -4.52. The third-order valence-corrected chi connectivity index (χ3v) is 8.41. The molecule has 0 spiro atoms. The molecule has 0 unspecified atom stereocenters. The van der Waals surface area contributed by atoms with Gasteiger partial charge in [0.1, 0.15) is 0 Å². The molecular formula is C33H33F5N4O4. The van der Waals surface area contributed by atoms with Gasteiger partial charge in [-0.3, -0.25) is 9.36 Å². The minimum Gasteiger partial charge on any atom is -0.475 e. The molecule has 46 heavy (non-hydrogen) atoms. The molecule has 3 N–H and O–H groups in total. The predicted octanol–water partition coefficient (Wildman–Crippen LogP) is 5.85. The number of benzene rings is 3. The lowest BCUT2D eigenvalue weighted by atomic mass is 10.0. The molecule has 0 bridgehead atoms. The van der Waals surface area contributed by atoms with E-state index in [4.69, 9.17) is 9.90 Å². The number of hydrogen-bond acceptors (Lipinski definition) is 4. The molecule has 1 saturated heterocycles. The van der Waals surface area contributed by atoms with Crippen LogP contribution in [0.1, 0.15) is 43.7 Å². The van der Waals surface area contributed by atoms with Gasteiger partial charge in [-0.05, 0) is 73.1 Å². The standard InChI is InChI=1S/C31H32F2N4O2.C2HF3O2/c1-19(34-30(38)25-17-24(25)20-5-3-2-4-6-20)18-36-13-11-23(12-14-36)37-29-10-8-22(16-28(29)35-31(37)39)21-7-9-26(32)27(33)15-21;3-2(4,5)1(6)7/h2-10,15-16,19,23-25H,11-14,17-18H2,1H3,(H,34,38)(H,35,39);(H,6,7)/t19-,24+,25-;/m0./s1. The average molecular weight is 645 g/mol. The fraction of sp³-hybridized carbons (Fsp3) is 0.364. The summed E-state index contributed by atoms with van der Waals surface area (Å²) < 4.78 is 60.6. The second kappa shape index (κ2) is 13.5. The zero-order valence-corrected chi connectivity index (χ0v) is 24.9. The van der Waals surface area contributed by atoms with Gasteiger partial charge in [-0.25, -0.2) is 18.4 Å². The van der Waals surface area contributed by atoms with Gasteiger partial charge in [-0.15, -0.1) is 0 Å². The Morgan fingerprint density at radius 3 is 2.24 bits per heavy atom. The van der Waals surface area contributed by atoms with Gasteiger partial charge in [0.2, 0.25) is 5.91 Å². The number of halogens is 5. The zero-order chi connectivity index (χ0) is 33.2. The number of aromatic nitrogens is 2. The monoisotopic (exact) mass is 644 g/mol. The molecule has 3 atom stereocenters. The quantitative estimate of drug-likeness (QED) is 0.219. The molecule has 1 aliphatic carbocycles. The van der Waals surface area contributed by atoms with E-state index in [1.54, 1.807) is 0 Å². The number of piperidine rings is 1. The fourth-order valence-corrected chi connectivity index (χ4v) is 6.05. The van der Waals surface area contributed by atoms with E-state index in [1.807, 2.05) is 41.0 Å². The molecule has 8 nitrogen and oxygen atoms in total. The number of rotatable bonds is 7. The van der Waals surface area contributed by atoms with Gasteiger partial charge < -0.3 is 20.3 Å². The van der Waals surface area contributed by atoms with Gasteiger partial charge in [0.15, 0.2) is 11.6 Å². The van der Waals surface area contributed by atoms with Crippen molar-refractivity contribution in [1.29, 1.82) is 0 Å². The molecule has 3 aromatic carbocycles. The minimum atomic E-state index is -5.08. The van der Waals surface area contributed by atoms with Crippen LogP contribution in [-0.2, 0) is 9.59 Å². The summed E-state index contributed by atoms with van der Waals surface area (Å²) in [7, 11) is 0. The van der Waals surface area contributed by atoms with Crippen LogP contribution < -0.4 is 11.0 Å². The van der Waals surface area contributed by atoms with Gasteiger partial charge in [0.05, 0.1) is 11.0 Å². The maximum absolute atomic E-state index is 13.7. The van der Waals surface area contributed by atoms with E-state index >= 15 is 0 Å². The molecule has 0 radical (unpaired) electrons. The van der Waals surface area contributed by atoms with Crippen molar-refractivity contribution in [3.8, 4) is 11.1 Å². The number of nitrogens with zero attached hydrogens (tertiary/aromatic N) is 2. The number of carboxylic acids is 1. The summed E-state index contributed by atoms with van der Waals surface area (Å²) in [5.41, 5.74) is 3.82. The number of carboxylic acid groups (broad SMARTS) is 1. The molecule has 2 heterocycles. The maximum atomic E-state index is 13.7. The van der Waals surface area contributed by atoms with Crippen LogP contribution in [0.25, 0.3) is 22.2 Å². The highest BCUT2D eigenvalue weighted by molar-refractivity contribution is 5.83. The van der Waals surface area contributed by atoms with Crippen LogP contribution in [0, 0.1) is 17.6 Å². The Labute approximate surface area is 260 Å². The van der Waals surface area contributed by atoms with Crippen molar-refractivity contribution in [3.63, 3.8) is 0 Å². The van der Waals surface area contributed by atoms with E-state index in [0.717, 1.165) is 56.5 Å². The number of carbonyl (C=O) groups is 2. The maximum Gasteiger partial charge on any atom is 0.490 e. The molecule has 13 heteroatoms. The first-order chi connectivity index (χ1) is 21.8. The highest BCUT2D eigenvalue weighted by atomic mass is 19.4. The van der Waals surface area contributed by atoms with Crippen molar-refractivity contribution in [2.24, 2.45) is 5.92 Å². The Bertz CT molecular complexity index is 1760. The van der Waals surface area contributed by atoms with Crippen LogP contribution in [0.4, 0.5) is 22.0 Å². The number of nitrogens with one attached hydrogen (secondary N) is 2. The number of aromatic amines is 1. The smallest absolute Gasteiger partial charge is 0.475 e. The molecule has 1 aromatic heterocycles. The Morgan fingerprint density at radius 1 is 0.978 bits per heavy atom. The van der Waals surface area contributed by atoms with E-state index in [1.165, 1.54) is 11.6 Å².